The van der Waals surface area contributed by atoms with Crippen LogP contribution < -0.4 is 5.32 Å². The van der Waals surface area contributed by atoms with Crippen molar-refractivity contribution >= 4 is 16.7 Å². The minimum absolute atomic E-state index is 0.117. The molecule has 1 atom stereocenters. The lowest BCUT2D eigenvalue weighted by Gasteiger charge is -2.35. The second-order valence-electron chi connectivity index (χ2n) is 7.34. The number of benzene rings is 2. The first kappa shape index (κ1) is 18.9. The zero-order valence-corrected chi connectivity index (χ0v) is 16.2. The van der Waals surface area contributed by atoms with Gasteiger partial charge in [-0.15, -0.1) is 0 Å². The Hall–Kier alpha value is -1.91. The van der Waals surface area contributed by atoms with Gasteiger partial charge >= 0.3 is 0 Å². The predicted octanol–water partition coefficient (Wildman–Crippen LogP) is 3.09. The highest BCUT2D eigenvalue weighted by molar-refractivity contribution is 5.86. The van der Waals surface area contributed by atoms with Crippen LogP contribution in [0.4, 0.5) is 0 Å². The average molecular weight is 354 g/mol. The van der Waals surface area contributed by atoms with Crippen LogP contribution in [-0.2, 0) is 4.79 Å². The molecule has 0 saturated carbocycles. The van der Waals surface area contributed by atoms with Gasteiger partial charge in [-0.25, -0.2) is 0 Å². The van der Waals surface area contributed by atoms with Gasteiger partial charge in [0.15, 0.2) is 0 Å². The Kier molecular flexibility index (Phi) is 6.28. The van der Waals surface area contributed by atoms with E-state index >= 15 is 0 Å². The zero-order chi connectivity index (χ0) is 18.5. The molecule has 1 aliphatic rings. The fourth-order valence-corrected chi connectivity index (χ4v) is 4.01. The minimum Gasteiger partial charge on any atom is -0.345 e. The highest BCUT2D eigenvalue weighted by atomic mass is 16.2. The van der Waals surface area contributed by atoms with Crippen molar-refractivity contribution in [1.82, 2.24) is 15.1 Å². The molecule has 0 unspecified atom stereocenters. The van der Waals surface area contributed by atoms with E-state index in [9.17, 15) is 4.79 Å². The number of fused-ring (bicyclic) bond motifs is 1. The molecule has 0 aromatic heterocycles. The highest BCUT2D eigenvalue weighted by Gasteiger charge is 2.26. The summed E-state index contributed by atoms with van der Waals surface area (Å²) >= 11 is 0. The van der Waals surface area contributed by atoms with Gasteiger partial charge in [-0.05, 0) is 62.2 Å². The van der Waals surface area contributed by atoms with Crippen molar-refractivity contribution in [3.8, 4) is 0 Å². The van der Waals surface area contributed by atoms with E-state index in [4.69, 9.17) is 0 Å². The molecule has 1 amide bonds. The number of rotatable bonds is 6. The molecule has 0 bridgehead atoms. The smallest absolute Gasteiger partial charge is 0.240 e. The van der Waals surface area contributed by atoms with Gasteiger partial charge < -0.3 is 15.1 Å². The van der Waals surface area contributed by atoms with Gasteiger partial charge in [0.1, 0.15) is 0 Å². The van der Waals surface area contributed by atoms with Crippen molar-refractivity contribution in [2.75, 3.05) is 40.3 Å². The van der Waals surface area contributed by atoms with Gasteiger partial charge in [-0.3, -0.25) is 4.79 Å². The van der Waals surface area contributed by atoms with E-state index in [1.54, 1.807) is 4.90 Å². The van der Waals surface area contributed by atoms with Crippen LogP contribution in [0.15, 0.2) is 42.5 Å². The summed E-state index contributed by atoms with van der Waals surface area (Å²) in [6, 6.07) is 15.2. The van der Waals surface area contributed by atoms with Crippen LogP contribution in [0, 0.1) is 0 Å². The SMILES string of the molecule is CCN(C)C(=O)[C@H](CN1CCC(c2cccc3ccccc23)CC1)NC. The number of carbonyl (C=O) groups excluding carboxylic acids is 1. The third-order valence-corrected chi connectivity index (χ3v) is 5.79. The van der Waals surface area contributed by atoms with Gasteiger partial charge in [-0.1, -0.05) is 42.5 Å². The molecule has 4 nitrogen and oxygen atoms in total. The molecule has 26 heavy (non-hydrogen) atoms. The number of nitrogens with one attached hydrogen (secondary N) is 1. The molecule has 1 aliphatic heterocycles. The summed E-state index contributed by atoms with van der Waals surface area (Å²) in [6.45, 7) is 5.66. The van der Waals surface area contributed by atoms with Gasteiger partial charge in [0.05, 0.1) is 6.04 Å². The summed E-state index contributed by atoms with van der Waals surface area (Å²) in [5.41, 5.74) is 1.48. The van der Waals surface area contributed by atoms with Crippen molar-refractivity contribution in [3.63, 3.8) is 0 Å². The van der Waals surface area contributed by atoms with Crippen LogP contribution in [0.3, 0.4) is 0 Å². The van der Waals surface area contributed by atoms with E-state index in [2.05, 4.69) is 52.7 Å². The summed E-state index contributed by atoms with van der Waals surface area (Å²) in [5, 5.41) is 5.92. The average Bonchev–Trinajstić information content (AvgIpc) is 2.71. The minimum atomic E-state index is -0.117. The Morgan fingerprint density at radius 2 is 1.88 bits per heavy atom. The normalized spacial score (nSPS) is 17.3. The molecule has 1 heterocycles. The van der Waals surface area contributed by atoms with Gasteiger partial charge in [0, 0.05) is 20.1 Å². The van der Waals surface area contributed by atoms with Gasteiger partial charge in [0.25, 0.3) is 0 Å². The molecule has 0 spiro atoms. The van der Waals surface area contributed by atoms with E-state index in [1.807, 2.05) is 21.0 Å². The lowest BCUT2D eigenvalue weighted by Crippen LogP contribution is -2.51. The molecule has 4 heteroatoms. The largest absolute Gasteiger partial charge is 0.345 e. The number of hydrogen-bond donors (Lipinski definition) is 1. The predicted molar refractivity (Wildman–Crippen MR) is 109 cm³/mol. The van der Waals surface area contributed by atoms with E-state index in [0.717, 1.165) is 39.0 Å². The quantitative estimate of drug-likeness (QED) is 0.867. The molecule has 0 radical (unpaired) electrons. The Labute approximate surface area is 157 Å². The number of amides is 1. The van der Waals surface area contributed by atoms with Crippen molar-refractivity contribution in [2.24, 2.45) is 0 Å². The maximum atomic E-state index is 12.4. The fraction of sp³-hybridized carbons (Fsp3) is 0.500. The molecule has 1 fully saturated rings. The molecule has 140 valence electrons. The van der Waals surface area contributed by atoms with Crippen LogP contribution >= 0.6 is 0 Å². The molecular formula is C22H31N3O. The molecule has 3 rings (SSSR count). The van der Waals surface area contributed by atoms with Gasteiger partial charge in [0.2, 0.25) is 5.91 Å². The molecular weight excluding hydrogens is 322 g/mol. The lowest BCUT2D eigenvalue weighted by atomic mass is 9.86. The molecule has 1 N–H and O–H groups in total. The second kappa shape index (κ2) is 8.65. The second-order valence-corrected chi connectivity index (χ2v) is 7.34. The number of piperidine rings is 1. The van der Waals surface area contributed by atoms with E-state index in [0.29, 0.717) is 5.92 Å². The van der Waals surface area contributed by atoms with Crippen LogP contribution in [-0.4, -0.2) is 62.0 Å². The molecule has 2 aromatic carbocycles. The van der Waals surface area contributed by atoms with E-state index in [-0.39, 0.29) is 11.9 Å². The standard InChI is InChI=1S/C22H31N3O/c1-4-24(3)22(26)21(23-2)16-25-14-12-18(13-15-25)20-11-7-9-17-8-5-6-10-19(17)20/h5-11,18,21,23H,4,12-16H2,1-3H3/t21-/m0/s1. The van der Waals surface area contributed by atoms with Crippen molar-refractivity contribution in [3.05, 3.63) is 48.0 Å². The summed E-state index contributed by atoms with van der Waals surface area (Å²) in [6.07, 6.45) is 2.31. The molecule has 1 saturated heterocycles. The first-order valence-corrected chi connectivity index (χ1v) is 9.76. The fourth-order valence-electron chi connectivity index (χ4n) is 4.01. The molecule has 0 aliphatic carbocycles. The van der Waals surface area contributed by atoms with Crippen LogP contribution in [0.25, 0.3) is 10.8 Å². The highest BCUT2D eigenvalue weighted by Crippen LogP contribution is 2.33. The Morgan fingerprint density at radius 3 is 2.58 bits per heavy atom. The van der Waals surface area contributed by atoms with Crippen molar-refractivity contribution in [2.45, 2.75) is 31.7 Å². The van der Waals surface area contributed by atoms with E-state index in [1.165, 1.54) is 16.3 Å². The Balaban J connectivity index is 1.63. The van der Waals surface area contributed by atoms with E-state index < -0.39 is 0 Å². The van der Waals surface area contributed by atoms with Crippen molar-refractivity contribution in [1.29, 1.82) is 0 Å². The Morgan fingerprint density at radius 1 is 1.19 bits per heavy atom. The first-order chi connectivity index (χ1) is 12.6. The third-order valence-electron chi connectivity index (χ3n) is 5.79. The molecule has 2 aromatic rings. The van der Waals surface area contributed by atoms with Crippen LogP contribution in [0.2, 0.25) is 0 Å². The summed E-state index contributed by atoms with van der Waals surface area (Å²) in [4.78, 5) is 16.7. The summed E-state index contributed by atoms with van der Waals surface area (Å²) < 4.78 is 0. The number of likely N-dealkylation sites (N-methyl/N-ethyl adjacent to an activating group) is 2. The lowest BCUT2D eigenvalue weighted by molar-refractivity contribution is -0.132. The topological polar surface area (TPSA) is 35.6 Å². The maximum Gasteiger partial charge on any atom is 0.240 e. The van der Waals surface area contributed by atoms with Crippen LogP contribution in [0.5, 0.6) is 0 Å². The first-order valence-electron chi connectivity index (χ1n) is 9.76. The number of likely N-dealkylation sites (tertiary alicyclic amines) is 1. The summed E-state index contributed by atoms with van der Waals surface area (Å²) in [7, 11) is 3.76. The van der Waals surface area contributed by atoms with Crippen LogP contribution in [0.1, 0.15) is 31.2 Å². The Bertz CT molecular complexity index is 732. The maximum absolute atomic E-state index is 12.4. The zero-order valence-electron chi connectivity index (χ0n) is 16.2. The number of carbonyl (C=O) groups is 1. The van der Waals surface area contributed by atoms with Crippen molar-refractivity contribution < 1.29 is 4.79 Å². The number of nitrogens with zero attached hydrogens (tertiary/aromatic N) is 2. The summed E-state index contributed by atoms with van der Waals surface area (Å²) in [5.74, 6) is 0.797. The third kappa shape index (κ3) is 4.08. The van der Waals surface area contributed by atoms with Gasteiger partial charge in [-0.2, -0.15) is 0 Å². The monoisotopic (exact) mass is 353 g/mol. The number of hydrogen-bond acceptors (Lipinski definition) is 3.